The monoisotopic (exact) mass is 222 g/mol. The fourth-order valence-electron chi connectivity index (χ4n) is 0.870. The molecule has 2 N–H and O–H groups in total. The first-order valence-corrected chi connectivity index (χ1v) is 3.82. The summed E-state index contributed by atoms with van der Waals surface area (Å²) in [6.07, 6.45) is -0.593. The Morgan fingerprint density at radius 1 is 1.29 bits per heavy atom. The molecule has 0 spiro atoms. The number of benzene rings is 1. The molecule has 0 aromatic heterocycles. The minimum absolute atomic E-state index is 0.489. The number of hydrogen-bond donors (Lipinski definition) is 2. The normalized spacial score (nSPS) is 11.4. The topological polar surface area (TPSA) is 57.5 Å². The van der Waals surface area contributed by atoms with Crippen molar-refractivity contribution < 1.29 is 23.8 Å². The third kappa shape index (κ3) is 1.77. The summed E-state index contributed by atoms with van der Waals surface area (Å²) in [5.41, 5.74) is -0.843. The van der Waals surface area contributed by atoms with E-state index in [-0.39, 0.29) is 0 Å². The van der Waals surface area contributed by atoms with Crippen molar-refractivity contribution in [3.8, 4) is 11.5 Å². The Labute approximate surface area is 82.5 Å². The summed E-state index contributed by atoms with van der Waals surface area (Å²) in [4.78, 5) is 10.0. The van der Waals surface area contributed by atoms with Crippen molar-refractivity contribution in [1.29, 1.82) is 0 Å². The predicted molar refractivity (Wildman–Crippen MR) is 44.7 cm³/mol. The summed E-state index contributed by atoms with van der Waals surface area (Å²) in [6, 6.07) is 1.29. The lowest BCUT2D eigenvalue weighted by Crippen LogP contribution is -2.15. The van der Waals surface area contributed by atoms with E-state index < -0.39 is 34.3 Å². The smallest absolute Gasteiger partial charge is 0.329 e. The van der Waals surface area contributed by atoms with Crippen molar-refractivity contribution in [3.63, 3.8) is 0 Å². The van der Waals surface area contributed by atoms with E-state index in [1.807, 2.05) is 0 Å². The van der Waals surface area contributed by atoms with E-state index in [9.17, 15) is 13.6 Å². The lowest BCUT2D eigenvalue weighted by atomic mass is 10.1. The third-order valence-electron chi connectivity index (χ3n) is 1.57. The van der Waals surface area contributed by atoms with Gasteiger partial charge in [-0.25, -0.2) is 0 Å². The molecule has 0 radical (unpaired) electrons. The van der Waals surface area contributed by atoms with Gasteiger partial charge in [0.25, 0.3) is 0 Å². The van der Waals surface area contributed by atoms with E-state index in [0.717, 1.165) is 6.07 Å². The second-order valence-electron chi connectivity index (χ2n) is 2.56. The van der Waals surface area contributed by atoms with Crippen molar-refractivity contribution in [2.24, 2.45) is 0 Å². The summed E-state index contributed by atoms with van der Waals surface area (Å²) >= 11 is 5.35. The highest BCUT2D eigenvalue weighted by Gasteiger charge is 2.34. The molecule has 0 saturated heterocycles. The zero-order chi connectivity index (χ0) is 10.9. The van der Waals surface area contributed by atoms with Gasteiger partial charge in [-0.05, 0) is 6.07 Å². The van der Waals surface area contributed by atoms with E-state index in [1.54, 1.807) is 0 Å². The standard InChI is InChI=1S/C8H5ClF2O3/c9-5-2-7(14)6(13)1-4(5)8(10,11)3-12/h1-3,13-14H. The molecule has 1 rings (SSSR count). The number of carbonyl (C=O) groups is 1. The van der Waals surface area contributed by atoms with Crippen LogP contribution in [-0.2, 0) is 10.7 Å². The molecule has 3 nitrogen and oxygen atoms in total. The van der Waals surface area contributed by atoms with Crippen LogP contribution in [0.25, 0.3) is 0 Å². The average Bonchev–Trinajstić information content (AvgIpc) is 2.11. The number of rotatable bonds is 2. The number of hydrogen-bond acceptors (Lipinski definition) is 3. The number of phenols is 2. The van der Waals surface area contributed by atoms with Crippen molar-refractivity contribution in [2.45, 2.75) is 5.92 Å². The number of aromatic hydroxyl groups is 2. The molecular formula is C8H5ClF2O3. The van der Waals surface area contributed by atoms with Gasteiger partial charge in [-0.1, -0.05) is 11.6 Å². The maximum atomic E-state index is 12.8. The van der Waals surface area contributed by atoms with Gasteiger partial charge in [0.15, 0.2) is 17.8 Å². The molecule has 0 unspecified atom stereocenters. The minimum atomic E-state index is -3.78. The van der Waals surface area contributed by atoms with E-state index >= 15 is 0 Å². The van der Waals surface area contributed by atoms with Crippen molar-refractivity contribution in [3.05, 3.63) is 22.7 Å². The Kier molecular flexibility index (Phi) is 2.62. The van der Waals surface area contributed by atoms with Crippen LogP contribution in [-0.4, -0.2) is 16.5 Å². The number of phenolic OH excluding ortho intramolecular Hbond substituents is 2. The lowest BCUT2D eigenvalue weighted by Gasteiger charge is -2.11. The van der Waals surface area contributed by atoms with Crippen LogP contribution in [0.15, 0.2) is 12.1 Å². The van der Waals surface area contributed by atoms with Gasteiger partial charge in [0.05, 0.1) is 10.6 Å². The zero-order valence-corrected chi connectivity index (χ0v) is 7.42. The molecular weight excluding hydrogens is 218 g/mol. The summed E-state index contributed by atoms with van der Waals surface area (Å²) < 4.78 is 25.6. The molecule has 0 bridgehead atoms. The van der Waals surface area contributed by atoms with Gasteiger partial charge in [0.1, 0.15) is 0 Å². The van der Waals surface area contributed by atoms with Crippen LogP contribution in [0.4, 0.5) is 8.78 Å². The van der Waals surface area contributed by atoms with Crippen molar-refractivity contribution in [1.82, 2.24) is 0 Å². The summed E-state index contributed by atoms with van der Waals surface area (Å²) in [6.45, 7) is 0. The molecule has 76 valence electrons. The van der Waals surface area contributed by atoms with Crippen LogP contribution >= 0.6 is 11.6 Å². The van der Waals surface area contributed by atoms with Crippen LogP contribution in [0, 0.1) is 0 Å². The maximum Gasteiger partial charge on any atom is 0.329 e. The Hall–Kier alpha value is -1.36. The quantitative estimate of drug-likeness (QED) is 0.595. The third-order valence-corrected chi connectivity index (χ3v) is 1.88. The molecule has 0 atom stereocenters. The van der Waals surface area contributed by atoms with E-state index in [2.05, 4.69) is 0 Å². The Bertz CT molecular complexity index is 379. The first-order chi connectivity index (χ1) is 6.38. The molecule has 14 heavy (non-hydrogen) atoms. The number of alkyl halides is 2. The van der Waals surface area contributed by atoms with E-state index in [1.165, 1.54) is 0 Å². The molecule has 6 heteroatoms. The zero-order valence-electron chi connectivity index (χ0n) is 6.67. The molecule has 0 aliphatic carbocycles. The molecule has 0 saturated carbocycles. The summed E-state index contributed by atoms with van der Waals surface area (Å²) in [5, 5.41) is 17.3. The minimum Gasteiger partial charge on any atom is -0.504 e. The highest BCUT2D eigenvalue weighted by atomic mass is 35.5. The van der Waals surface area contributed by atoms with E-state index in [4.69, 9.17) is 21.8 Å². The van der Waals surface area contributed by atoms with Crippen molar-refractivity contribution >= 4 is 17.9 Å². The molecule has 0 heterocycles. The Balaban J connectivity index is 3.36. The SMILES string of the molecule is O=CC(F)(F)c1cc(O)c(O)cc1Cl. The van der Waals surface area contributed by atoms with Gasteiger partial charge in [-0.2, -0.15) is 8.78 Å². The van der Waals surface area contributed by atoms with Crippen LogP contribution < -0.4 is 0 Å². The fourth-order valence-corrected chi connectivity index (χ4v) is 1.15. The van der Waals surface area contributed by atoms with Gasteiger partial charge >= 0.3 is 5.92 Å². The second-order valence-corrected chi connectivity index (χ2v) is 2.97. The first-order valence-electron chi connectivity index (χ1n) is 3.44. The fraction of sp³-hybridized carbons (Fsp3) is 0.125. The van der Waals surface area contributed by atoms with E-state index in [0.29, 0.717) is 6.07 Å². The van der Waals surface area contributed by atoms with Gasteiger partial charge in [0, 0.05) is 6.07 Å². The van der Waals surface area contributed by atoms with Gasteiger partial charge in [-0.15, -0.1) is 0 Å². The molecule has 0 amide bonds. The molecule has 0 aliphatic heterocycles. The highest BCUT2D eigenvalue weighted by molar-refractivity contribution is 6.31. The predicted octanol–water partition coefficient (Wildman–Crippen LogP) is 2.04. The lowest BCUT2D eigenvalue weighted by molar-refractivity contribution is -0.130. The Morgan fingerprint density at radius 2 is 1.79 bits per heavy atom. The number of aldehydes is 1. The largest absolute Gasteiger partial charge is 0.504 e. The van der Waals surface area contributed by atoms with Crippen LogP contribution in [0.1, 0.15) is 5.56 Å². The number of halogens is 3. The summed E-state index contributed by atoms with van der Waals surface area (Å²) in [5.74, 6) is -5.16. The van der Waals surface area contributed by atoms with Gasteiger partial charge < -0.3 is 10.2 Å². The van der Waals surface area contributed by atoms with Crippen LogP contribution in [0.2, 0.25) is 5.02 Å². The van der Waals surface area contributed by atoms with Crippen LogP contribution in [0.5, 0.6) is 11.5 Å². The highest BCUT2D eigenvalue weighted by Crippen LogP contribution is 2.38. The summed E-state index contributed by atoms with van der Waals surface area (Å²) in [7, 11) is 0. The van der Waals surface area contributed by atoms with Gasteiger partial charge in [-0.3, -0.25) is 4.79 Å². The molecule has 0 fully saturated rings. The molecule has 0 aliphatic rings. The van der Waals surface area contributed by atoms with Crippen LogP contribution in [0.3, 0.4) is 0 Å². The molecule has 1 aromatic rings. The average molecular weight is 223 g/mol. The molecule has 1 aromatic carbocycles. The number of carbonyl (C=O) groups excluding carboxylic acids is 1. The second kappa shape index (κ2) is 3.42. The van der Waals surface area contributed by atoms with Gasteiger partial charge in [0.2, 0.25) is 0 Å². The Morgan fingerprint density at radius 3 is 2.29 bits per heavy atom. The first kappa shape index (κ1) is 10.7. The van der Waals surface area contributed by atoms with Crippen molar-refractivity contribution in [2.75, 3.05) is 0 Å². The maximum absolute atomic E-state index is 12.8.